The van der Waals surface area contributed by atoms with Gasteiger partial charge >= 0.3 is 12.1 Å². The fourth-order valence-corrected chi connectivity index (χ4v) is 5.42. The molecular formula is C22H39NO4. The molecule has 0 aromatic heterocycles. The highest BCUT2D eigenvalue weighted by Gasteiger charge is 2.71. The van der Waals surface area contributed by atoms with Crippen LogP contribution in [0.4, 0.5) is 4.79 Å². The van der Waals surface area contributed by atoms with E-state index in [1.165, 1.54) is 0 Å². The zero-order chi connectivity index (χ0) is 20.4. The Morgan fingerprint density at radius 1 is 1.15 bits per heavy atom. The van der Waals surface area contributed by atoms with Crippen molar-refractivity contribution in [3.63, 3.8) is 0 Å². The number of rotatable bonds is 7. The van der Waals surface area contributed by atoms with Gasteiger partial charge in [0.05, 0.1) is 5.41 Å². The molecule has 5 nitrogen and oxygen atoms in total. The van der Waals surface area contributed by atoms with Gasteiger partial charge in [0.15, 0.2) is 0 Å². The van der Waals surface area contributed by atoms with E-state index in [1.807, 2.05) is 27.7 Å². The number of carbonyl (C=O) groups is 2. The van der Waals surface area contributed by atoms with E-state index in [0.29, 0.717) is 6.42 Å². The fraction of sp³-hybridized carbons (Fsp3) is 0.909. The minimum absolute atomic E-state index is 0.0147. The minimum atomic E-state index is -1.13. The molecule has 0 spiro atoms. The average Bonchev–Trinajstić information content (AvgIpc) is 2.82. The molecule has 156 valence electrons. The van der Waals surface area contributed by atoms with Crippen molar-refractivity contribution >= 4 is 12.1 Å². The Morgan fingerprint density at radius 2 is 1.74 bits per heavy atom. The van der Waals surface area contributed by atoms with Gasteiger partial charge in [0.2, 0.25) is 5.60 Å². The Bertz CT molecular complexity index is 536. The maximum Gasteiger partial charge on any atom is 0.411 e. The summed E-state index contributed by atoms with van der Waals surface area (Å²) >= 11 is 0. The van der Waals surface area contributed by atoms with E-state index in [4.69, 9.17) is 9.47 Å². The normalized spacial score (nSPS) is 30.6. The number of ether oxygens (including phenoxy) is 2. The molecule has 0 bridgehead atoms. The Hall–Kier alpha value is -1.26. The number of carbonyl (C=O) groups excluding carboxylic acids is 2. The smallest absolute Gasteiger partial charge is 0.411 e. The summed E-state index contributed by atoms with van der Waals surface area (Å²) in [6.07, 6.45) is 5.78. The van der Waals surface area contributed by atoms with Crippen LogP contribution in [0.3, 0.4) is 0 Å². The largest absolute Gasteiger partial charge is 0.458 e. The molecule has 0 aromatic rings. The van der Waals surface area contributed by atoms with Gasteiger partial charge in [0, 0.05) is 12.1 Å². The third-order valence-corrected chi connectivity index (χ3v) is 6.48. The first-order chi connectivity index (χ1) is 12.6. The summed E-state index contributed by atoms with van der Waals surface area (Å²) in [6, 6.07) is 0.0294. The zero-order valence-corrected chi connectivity index (χ0v) is 18.3. The molecule has 1 saturated carbocycles. The summed E-state index contributed by atoms with van der Waals surface area (Å²) < 4.78 is 12.1. The lowest BCUT2D eigenvalue weighted by atomic mass is 9.58. The summed E-state index contributed by atoms with van der Waals surface area (Å²) in [7, 11) is 0. The van der Waals surface area contributed by atoms with Crippen LogP contribution in [-0.4, -0.2) is 40.8 Å². The molecular weight excluding hydrogens is 342 g/mol. The second kappa shape index (κ2) is 8.40. The second-order valence-electron chi connectivity index (χ2n) is 9.33. The summed E-state index contributed by atoms with van der Waals surface area (Å²) in [5.74, 6) is -0.117. The molecule has 3 atom stereocenters. The lowest BCUT2D eigenvalue weighted by Crippen LogP contribution is -2.59. The van der Waals surface area contributed by atoms with Crippen LogP contribution in [0.25, 0.3) is 0 Å². The average molecular weight is 382 g/mol. The SMILES string of the molecule is CCCC[C@]12CCCC[C@@]1(OC(=O)N(C(C)C)C(C)C)C(=O)O[C@@H]2C(C)C. The van der Waals surface area contributed by atoms with Crippen LogP contribution in [0.1, 0.15) is 93.4 Å². The maximum atomic E-state index is 13.2. The van der Waals surface area contributed by atoms with Gasteiger partial charge in [-0.3, -0.25) is 0 Å². The first-order valence-electron chi connectivity index (χ1n) is 10.9. The van der Waals surface area contributed by atoms with Gasteiger partial charge < -0.3 is 14.4 Å². The van der Waals surface area contributed by atoms with Gasteiger partial charge in [0.25, 0.3) is 0 Å². The zero-order valence-electron chi connectivity index (χ0n) is 18.3. The van der Waals surface area contributed by atoms with Crippen LogP contribution >= 0.6 is 0 Å². The summed E-state index contributed by atoms with van der Waals surface area (Å²) in [5.41, 5.74) is -1.53. The minimum Gasteiger partial charge on any atom is -0.458 e. The van der Waals surface area contributed by atoms with E-state index in [9.17, 15) is 9.59 Å². The highest BCUT2D eigenvalue weighted by atomic mass is 16.6. The quantitative estimate of drug-likeness (QED) is 0.561. The van der Waals surface area contributed by atoms with Gasteiger partial charge in [-0.1, -0.05) is 40.0 Å². The molecule has 2 aliphatic rings. The summed E-state index contributed by atoms with van der Waals surface area (Å²) in [5, 5.41) is 0. The van der Waals surface area contributed by atoms with Gasteiger partial charge in [-0.05, 0) is 59.3 Å². The molecule has 1 heterocycles. The Balaban J connectivity index is 2.46. The lowest BCUT2D eigenvalue weighted by molar-refractivity contribution is -0.163. The molecule has 0 N–H and O–H groups in total. The Labute approximate surface area is 165 Å². The first-order valence-corrected chi connectivity index (χ1v) is 10.9. The lowest BCUT2D eigenvalue weighted by Gasteiger charge is -2.48. The van der Waals surface area contributed by atoms with Crippen LogP contribution < -0.4 is 0 Å². The predicted octanol–water partition coefficient (Wildman–Crippen LogP) is 5.31. The number of hydrogen-bond acceptors (Lipinski definition) is 4. The molecule has 0 aromatic carbocycles. The summed E-state index contributed by atoms with van der Waals surface area (Å²) in [4.78, 5) is 28.1. The maximum absolute atomic E-state index is 13.2. The van der Waals surface area contributed by atoms with Crippen LogP contribution in [0.5, 0.6) is 0 Å². The van der Waals surface area contributed by atoms with Crippen molar-refractivity contribution in [1.29, 1.82) is 0 Å². The van der Waals surface area contributed by atoms with Gasteiger partial charge in [-0.15, -0.1) is 0 Å². The molecule has 1 aliphatic carbocycles. The van der Waals surface area contributed by atoms with E-state index in [0.717, 1.165) is 38.5 Å². The highest BCUT2D eigenvalue weighted by molar-refractivity contribution is 5.87. The highest BCUT2D eigenvalue weighted by Crippen LogP contribution is 2.59. The molecule has 1 saturated heterocycles. The number of fused-ring (bicyclic) bond motifs is 1. The third-order valence-electron chi connectivity index (χ3n) is 6.48. The van der Waals surface area contributed by atoms with Crippen molar-refractivity contribution in [2.75, 3.05) is 0 Å². The summed E-state index contributed by atoms with van der Waals surface area (Å²) in [6.45, 7) is 14.3. The van der Waals surface area contributed by atoms with Crippen LogP contribution in [0.15, 0.2) is 0 Å². The van der Waals surface area contributed by atoms with Crippen LogP contribution in [0, 0.1) is 11.3 Å². The Morgan fingerprint density at radius 3 is 2.26 bits per heavy atom. The monoisotopic (exact) mass is 381 g/mol. The van der Waals surface area contributed by atoms with E-state index in [1.54, 1.807) is 4.90 Å². The molecule has 2 fully saturated rings. The van der Waals surface area contributed by atoms with Crippen molar-refractivity contribution in [3.8, 4) is 0 Å². The molecule has 27 heavy (non-hydrogen) atoms. The fourth-order valence-electron chi connectivity index (χ4n) is 5.42. The van der Waals surface area contributed by atoms with E-state index in [-0.39, 0.29) is 36.2 Å². The molecule has 0 radical (unpaired) electrons. The van der Waals surface area contributed by atoms with Crippen LogP contribution in [-0.2, 0) is 14.3 Å². The first kappa shape index (κ1) is 22.0. The van der Waals surface area contributed by atoms with E-state index in [2.05, 4.69) is 20.8 Å². The van der Waals surface area contributed by atoms with Gasteiger partial charge in [-0.2, -0.15) is 0 Å². The number of esters is 1. The predicted molar refractivity (Wildman–Crippen MR) is 106 cm³/mol. The molecule has 5 heteroatoms. The molecule has 2 rings (SSSR count). The van der Waals surface area contributed by atoms with Crippen molar-refractivity contribution in [3.05, 3.63) is 0 Å². The van der Waals surface area contributed by atoms with Gasteiger partial charge in [0.1, 0.15) is 6.10 Å². The molecule has 1 amide bonds. The van der Waals surface area contributed by atoms with E-state index >= 15 is 0 Å². The number of hydrogen-bond donors (Lipinski definition) is 0. The van der Waals surface area contributed by atoms with E-state index < -0.39 is 11.0 Å². The standard InChI is InChI=1S/C22H39NO4/c1-8-9-12-21-13-10-11-14-22(21,19(24)26-18(21)15(2)3)27-20(25)23(16(4)5)17(6)7/h15-18H,8-14H2,1-7H3/t18-,21-,22-/m1/s1. The number of unbranched alkanes of at least 4 members (excludes halogenated alkanes) is 1. The number of nitrogens with zero attached hydrogens (tertiary/aromatic N) is 1. The van der Waals surface area contributed by atoms with Crippen LogP contribution in [0.2, 0.25) is 0 Å². The molecule has 1 aliphatic heterocycles. The van der Waals surface area contributed by atoms with Crippen molar-refractivity contribution in [2.45, 2.75) is 117 Å². The van der Waals surface area contributed by atoms with Crippen molar-refractivity contribution in [2.24, 2.45) is 11.3 Å². The second-order valence-corrected chi connectivity index (χ2v) is 9.33. The van der Waals surface area contributed by atoms with Gasteiger partial charge in [-0.25, -0.2) is 9.59 Å². The van der Waals surface area contributed by atoms with Crippen molar-refractivity contribution < 1.29 is 19.1 Å². The van der Waals surface area contributed by atoms with Crippen molar-refractivity contribution in [1.82, 2.24) is 4.90 Å². The number of amides is 1. The topological polar surface area (TPSA) is 55.8 Å². The third kappa shape index (κ3) is 3.71. The molecule has 0 unspecified atom stereocenters. The number of cyclic esters (lactones) is 1. The Kier molecular flexibility index (Phi) is 6.86.